The Kier molecular flexibility index (Phi) is 4.67. The van der Waals surface area contributed by atoms with Crippen molar-refractivity contribution in [2.75, 3.05) is 25.1 Å². The fourth-order valence-corrected chi connectivity index (χ4v) is 2.39. The predicted molar refractivity (Wildman–Crippen MR) is 87.4 cm³/mol. The molecule has 1 saturated heterocycles. The number of nitrogens with zero attached hydrogens (tertiary/aromatic N) is 2. The zero-order chi connectivity index (χ0) is 15.2. The first kappa shape index (κ1) is 14.6. The van der Waals surface area contributed by atoms with Crippen molar-refractivity contribution in [1.82, 2.24) is 9.97 Å². The van der Waals surface area contributed by atoms with Crippen LogP contribution in [0, 0.1) is 18.3 Å². The summed E-state index contributed by atoms with van der Waals surface area (Å²) >= 11 is 0. The van der Waals surface area contributed by atoms with Crippen LogP contribution in [-0.4, -0.2) is 29.7 Å². The van der Waals surface area contributed by atoms with Crippen LogP contribution >= 0.6 is 0 Å². The average Bonchev–Trinajstić information content (AvgIpc) is 3.20. The first-order chi connectivity index (χ1) is 10.8. The Morgan fingerprint density at radius 2 is 2.00 bits per heavy atom. The topological polar surface area (TPSA) is 47.0 Å². The smallest absolute Gasteiger partial charge is 0.223 e. The Morgan fingerprint density at radius 1 is 1.23 bits per heavy atom. The van der Waals surface area contributed by atoms with E-state index in [1.807, 2.05) is 0 Å². The summed E-state index contributed by atoms with van der Waals surface area (Å²) in [6.07, 6.45) is 9.15. The van der Waals surface area contributed by atoms with Crippen LogP contribution in [0.5, 0.6) is 0 Å². The predicted octanol–water partition coefficient (Wildman–Crippen LogP) is 2.96. The number of anilines is 1. The van der Waals surface area contributed by atoms with Crippen LogP contribution in [0.2, 0.25) is 0 Å². The van der Waals surface area contributed by atoms with E-state index < -0.39 is 0 Å². The number of ether oxygens (including phenoxy) is 1. The molecule has 1 aliphatic heterocycles. The zero-order valence-corrected chi connectivity index (χ0v) is 12.5. The molecule has 4 heteroatoms. The SMILES string of the molecule is C#Cc1ccnc(NCC2CCOCC2)n1.c1cc2cc-2c1. The molecule has 0 saturated carbocycles. The summed E-state index contributed by atoms with van der Waals surface area (Å²) in [5.41, 5.74) is 3.47. The van der Waals surface area contributed by atoms with Gasteiger partial charge in [0.1, 0.15) is 5.69 Å². The molecule has 3 aliphatic rings. The van der Waals surface area contributed by atoms with Crippen molar-refractivity contribution in [3.63, 3.8) is 0 Å². The van der Waals surface area contributed by atoms with E-state index in [2.05, 4.69) is 45.5 Å². The first-order valence-electron chi connectivity index (χ1n) is 7.57. The van der Waals surface area contributed by atoms with Crippen molar-refractivity contribution in [3.8, 4) is 23.5 Å². The summed E-state index contributed by atoms with van der Waals surface area (Å²) in [5.74, 6) is 3.75. The number of nitrogens with one attached hydrogen (secondary N) is 1. The highest BCUT2D eigenvalue weighted by atomic mass is 16.5. The number of hydrogen-bond donors (Lipinski definition) is 1. The van der Waals surface area contributed by atoms with Gasteiger partial charge in [-0.1, -0.05) is 24.1 Å². The minimum Gasteiger partial charge on any atom is -0.381 e. The largest absolute Gasteiger partial charge is 0.381 e. The summed E-state index contributed by atoms with van der Waals surface area (Å²) in [5, 5.41) is 3.22. The van der Waals surface area contributed by atoms with E-state index in [0.717, 1.165) is 32.6 Å². The summed E-state index contributed by atoms with van der Waals surface area (Å²) in [6.45, 7) is 2.60. The van der Waals surface area contributed by atoms with Crippen molar-refractivity contribution in [2.45, 2.75) is 12.8 Å². The Morgan fingerprint density at radius 3 is 2.59 bits per heavy atom. The maximum atomic E-state index is 5.30. The molecule has 0 unspecified atom stereocenters. The second kappa shape index (κ2) is 7.06. The number of benzene rings is 1. The molecule has 1 N–H and O–H groups in total. The number of aromatic nitrogens is 2. The molecule has 0 radical (unpaired) electrons. The van der Waals surface area contributed by atoms with Crippen LogP contribution < -0.4 is 5.32 Å². The van der Waals surface area contributed by atoms with Crippen LogP contribution in [0.15, 0.2) is 36.5 Å². The normalized spacial score (nSPS) is 15.2. The Labute approximate surface area is 131 Å². The van der Waals surface area contributed by atoms with Gasteiger partial charge in [-0.15, -0.1) is 6.42 Å². The molecule has 1 aromatic heterocycles. The third-order valence-corrected chi connectivity index (χ3v) is 3.81. The van der Waals surface area contributed by atoms with E-state index in [4.69, 9.17) is 11.2 Å². The summed E-state index contributed by atoms with van der Waals surface area (Å²) < 4.78 is 5.30. The minimum absolute atomic E-state index is 0.613. The van der Waals surface area contributed by atoms with Gasteiger partial charge in [-0.2, -0.15) is 0 Å². The third kappa shape index (κ3) is 4.06. The van der Waals surface area contributed by atoms with Crippen molar-refractivity contribution in [1.29, 1.82) is 0 Å². The van der Waals surface area contributed by atoms with Crippen LogP contribution in [0.1, 0.15) is 18.5 Å². The van der Waals surface area contributed by atoms with E-state index in [9.17, 15) is 0 Å². The molecule has 22 heavy (non-hydrogen) atoms. The fraction of sp³-hybridized carbons (Fsp3) is 0.333. The van der Waals surface area contributed by atoms with Gasteiger partial charge in [0.05, 0.1) is 0 Å². The molecule has 0 aromatic carbocycles. The quantitative estimate of drug-likeness (QED) is 0.754. The molecule has 0 spiro atoms. The Hall–Kier alpha value is -2.38. The van der Waals surface area contributed by atoms with Crippen molar-refractivity contribution >= 4 is 5.95 Å². The van der Waals surface area contributed by atoms with Gasteiger partial charge in [-0.25, -0.2) is 9.97 Å². The van der Waals surface area contributed by atoms with E-state index in [0.29, 0.717) is 17.6 Å². The summed E-state index contributed by atoms with van der Waals surface area (Å²) in [6, 6.07) is 10.2. The Bertz CT molecular complexity index is 655. The van der Waals surface area contributed by atoms with Crippen molar-refractivity contribution in [3.05, 3.63) is 42.2 Å². The molecule has 0 atom stereocenters. The molecule has 112 valence electrons. The minimum atomic E-state index is 0.613. The van der Waals surface area contributed by atoms with Gasteiger partial charge in [0.2, 0.25) is 5.95 Å². The lowest BCUT2D eigenvalue weighted by Gasteiger charge is -2.22. The van der Waals surface area contributed by atoms with Gasteiger partial charge < -0.3 is 10.1 Å². The average molecular weight is 293 g/mol. The van der Waals surface area contributed by atoms with Gasteiger partial charge in [-0.05, 0) is 42.0 Å². The zero-order valence-electron chi connectivity index (χ0n) is 12.5. The molecule has 1 aromatic rings. The lowest BCUT2D eigenvalue weighted by atomic mass is 10.0. The highest BCUT2D eigenvalue weighted by Crippen LogP contribution is 2.32. The molecule has 4 rings (SSSR count). The summed E-state index contributed by atoms with van der Waals surface area (Å²) in [7, 11) is 0. The molecule has 0 bridgehead atoms. The lowest BCUT2D eigenvalue weighted by molar-refractivity contribution is 0.0699. The highest BCUT2D eigenvalue weighted by Gasteiger charge is 2.13. The second-order valence-electron chi connectivity index (χ2n) is 5.43. The van der Waals surface area contributed by atoms with E-state index >= 15 is 0 Å². The van der Waals surface area contributed by atoms with Crippen LogP contribution in [-0.2, 0) is 4.74 Å². The summed E-state index contributed by atoms with van der Waals surface area (Å²) in [4.78, 5) is 8.31. The van der Waals surface area contributed by atoms with Crippen molar-refractivity contribution in [2.24, 2.45) is 5.92 Å². The number of hydrogen-bond acceptors (Lipinski definition) is 4. The third-order valence-electron chi connectivity index (χ3n) is 3.81. The number of fused-ring (bicyclic) bond motifs is 1. The number of terminal acetylenes is 1. The standard InChI is InChI=1S/C12H15N3O.C6H4/c1-2-11-3-6-13-12(15-11)14-9-10-4-7-16-8-5-10;1-2-5-4-6(5)3-1/h1,3,6,10H,4-5,7-9H2,(H,13,14,15);1-4H. The molecule has 2 heterocycles. The first-order valence-corrected chi connectivity index (χ1v) is 7.57. The van der Waals surface area contributed by atoms with Gasteiger partial charge in [-0.3, -0.25) is 0 Å². The highest BCUT2D eigenvalue weighted by molar-refractivity contribution is 5.80. The molecule has 2 aliphatic carbocycles. The van der Waals surface area contributed by atoms with Crippen LogP contribution in [0.4, 0.5) is 5.95 Å². The van der Waals surface area contributed by atoms with Gasteiger partial charge in [0.25, 0.3) is 0 Å². The van der Waals surface area contributed by atoms with Crippen molar-refractivity contribution < 1.29 is 4.74 Å². The fourth-order valence-electron chi connectivity index (χ4n) is 2.39. The maximum Gasteiger partial charge on any atom is 0.223 e. The van der Waals surface area contributed by atoms with Crippen LogP contribution in [0.25, 0.3) is 11.1 Å². The molecule has 1 fully saturated rings. The second-order valence-corrected chi connectivity index (χ2v) is 5.43. The van der Waals surface area contributed by atoms with E-state index in [1.54, 1.807) is 12.3 Å². The molecular weight excluding hydrogens is 274 g/mol. The van der Waals surface area contributed by atoms with Gasteiger partial charge >= 0.3 is 0 Å². The molecular formula is C18H19N3O. The maximum absolute atomic E-state index is 5.30. The Balaban J connectivity index is 0.000000196. The van der Waals surface area contributed by atoms with Gasteiger partial charge in [0.15, 0.2) is 0 Å². The van der Waals surface area contributed by atoms with Gasteiger partial charge in [0, 0.05) is 26.0 Å². The lowest BCUT2D eigenvalue weighted by Crippen LogP contribution is -2.23. The number of rotatable bonds is 3. The van der Waals surface area contributed by atoms with E-state index in [-0.39, 0.29) is 0 Å². The van der Waals surface area contributed by atoms with Crippen LogP contribution in [0.3, 0.4) is 0 Å². The molecule has 4 nitrogen and oxygen atoms in total. The molecule has 0 amide bonds. The van der Waals surface area contributed by atoms with E-state index in [1.165, 1.54) is 11.1 Å². The monoisotopic (exact) mass is 293 g/mol.